The van der Waals surface area contributed by atoms with Gasteiger partial charge < -0.3 is 24.2 Å². The Kier molecular flexibility index (Phi) is 6.97. The zero-order valence-corrected chi connectivity index (χ0v) is 23.6. The fraction of sp³-hybridized carbons (Fsp3) is 0.353. The predicted molar refractivity (Wildman–Crippen MR) is 162 cm³/mol. The topological polar surface area (TPSA) is 58.1 Å². The summed E-state index contributed by atoms with van der Waals surface area (Å²) in [7, 11) is 2.04. The molecule has 210 valence electrons. The zero-order valence-electron chi connectivity index (χ0n) is 23.6. The van der Waals surface area contributed by atoms with Crippen LogP contribution in [-0.2, 0) is 6.54 Å². The maximum atomic E-state index is 14.4. The molecule has 1 amide bonds. The van der Waals surface area contributed by atoms with Crippen molar-refractivity contribution < 1.29 is 14.3 Å². The van der Waals surface area contributed by atoms with Crippen molar-refractivity contribution in [3.05, 3.63) is 83.9 Å². The molecule has 3 aliphatic rings. The van der Waals surface area contributed by atoms with Crippen molar-refractivity contribution in [2.75, 3.05) is 44.9 Å². The highest BCUT2D eigenvalue weighted by molar-refractivity contribution is 6.08. The van der Waals surface area contributed by atoms with Gasteiger partial charge in [-0.1, -0.05) is 42.5 Å². The summed E-state index contributed by atoms with van der Waals surface area (Å²) in [6, 6.07) is 24.9. The Morgan fingerprint density at radius 3 is 2.54 bits per heavy atom. The van der Waals surface area contributed by atoms with E-state index in [1.54, 1.807) is 0 Å². The number of ether oxygens (including phenoxy) is 2. The minimum absolute atomic E-state index is 0.108. The number of amides is 1. The largest absolute Gasteiger partial charge is 0.454 e. The van der Waals surface area contributed by atoms with Crippen LogP contribution in [0, 0.1) is 0 Å². The normalized spacial score (nSPS) is 18.4. The number of hydrogen-bond acceptors (Lipinski definition) is 6. The summed E-state index contributed by atoms with van der Waals surface area (Å²) < 4.78 is 11.1. The van der Waals surface area contributed by atoms with Gasteiger partial charge in [-0.25, -0.2) is 4.98 Å². The number of carbonyl (C=O) groups excluding carboxylic acids is 1. The number of aromatic nitrogens is 1. The van der Waals surface area contributed by atoms with Gasteiger partial charge in [-0.15, -0.1) is 0 Å². The Hall–Kier alpha value is -4.10. The molecule has 4 heterocycles. The summed E-state index contributed by atoms with van der Waals surface area (Å²) in [6.45, 7) is 5.01. The molecule has 0 spiro atoms. The van der Waals surface area contributed by atoms with E-state index in [9.17, 15) is 4.79 Å². The minimum atomic E-state index is 0.108. The smallest absolute Gasteiger partial charge is 0.254 e. The van der Waals surface area contributed by atoms with Gasteiger partial charge in [0.1, 0.15) is 5.82 Å². The van der Waals surface area contributed by atoms with Crippen LogP contribution in [0.2, 0.25) is 0 Å². The maximum absolute atomic E-state index is 14.4. The van der Waals surface area contributed by atoms with Gasteiger partial charge in [-0.3, -0.25) is 4.79 Å². The van der Waals surface area contributed by atoms with Gasteiger partial charge in [0.2, 0.25) is 6.79 Å². The maximum Gasteiger partial charge on any atom is 0.254 e. The summed E-state index contributed by atoms with van der Waals surface area (Å²) >= 11 is 0. The van der Waals surface area contributed by atoms with E-state index in [0.29, 0.717) is 6.54 Å². The summed E-state index contributed by atoms with van der Waals surface area (Å²) in [4.78, 5) is 26.2. The second-order valence-corrected chi connectivity index (χ2v) is 11.5. The third-order valence-corrected chi connectivity index (χ3v) is 8.69. The lowest BCUT2D eigenvalue weighted by molar-refractivity contribution is 0.0710. The molecular weight excluding hydrogens is 512 g/mol. The Morgan fingerprint density at radius 2 is 1.68 bits per heavy atom. The van der Waals surface area contributed by atoms with Crippen LogP contribution in [-0.4, -0.2) is 66.8 Å². The zero-order chi connectivity index (χ0) is 27.8. The molecule has 2 saturated heterocycles. The second-order valence-electron chi connectivity index (χ2n) is 11.5. The van der Waals surface area contributed by atoms with Gasteiger partial charge in [0.15, 0.2) is 11.5 Å². The molecule has 4 aromatic rings. The Morgan fingerprint density at radius 1 is 0.902 bits per heavy atom. The van der Waals surface area contributed by atoms with E-state index in [1.165, 1.54) is 18.4 Å². The van der Waals surface area contributed by atoms with E-state index in [2.05, 4.69) is 51.1 Å². The van der Waals surface area contributed by atoms with Gasteiger partial charge in [0, 0.05) is 38.1 Å². The van der Waals surface area contributed by atoms with Crippen LogP contribution in [0.3, 0.4) is 0 Å². The lowest BCUT2D eigenvalue weighted by Gasteiger charge is -2.29. The average Bonchev–Trinajstić information content (AvgIpc) is 3.79. The Bertz CT molecular complexity index is 1570. The minimum Gasteiger partial charge on any atom is -0.454 e. The number of hydrogen-bond donors (Lipinski definition) is 0. The van der Waals surface area contributed by atoms with E-state index in [-0.39, 0.29) is 18.7 Å². The number of benzene rings is 3. The van der Waals surface area contributed by atoms with Crippen LogP contribution < -0.4 is 14.4 Å². The number of likely N-dealkylation sites (tertiary alicyclic amines) is 2. The number of rotatable bonds is 7. The molecule has 0 unspecified atom stereocenters. The highest BCUT2D eigenvalue weighted by Crippen LogP contribution is 2.37. The Balaban J connectivity index is 1.27. The van der Waals surface area contributed by atoms with Crippen molar-refractivity contribution in [3.8, 4) is 22.6 Å². The van der Waals surface area contributed by atoms with Crippen molar-refractivity contribution in [2.45, 2.75) is 38.3 Å². The average molecular weight is 549 g/mol. The molecule has 0 saturated carbocycles. The molecule has 7 rings (SSSR count). The quantitative estimate of drug-likeness (QED) is 0.284. The SMILES string of the molecule is CN(Cc1ccccc1)c1cc(C(=O)N2CCC[C@H]2CN2CCCC2)c2cc(-c3ccc4c(c3)OCO4)ccc2n1. The first-order chi connectivity index (χ1) is 20.1. The van der Waals surface area contributed by atoms with Crippen molar-refractivity contribution in [1.29, 1.82) is 0 Å². The van der Waals surface area contributed by atoms with Crippen molar-refractivity contribution >= 4 is 22.6 Å². The molecule has 2 fully saturated rings. The first-order valence-corrected chi connectivity index (χ1v) is 14.8. The molecule has 0 aliphatic carbocycles. The molecule has 41 heavy (non-hydrogen) atoms. The van der Waals surface area contributed by atoms with E-state index in [0.717, 1.165) is 83.9 Å². The highest BCUT2D eigenvalue weighted by atomic mass is 16.7. The van der Waals surface area contributed by atoms with Gasteiger partial charge in [0.25, 0.3) is 5.91 Å². The number of nitrogens with zero attached hydrogens (tertiary/aromatic N) is 4. The summed E-state index contributed by atoms with van der Waals surface area (Å²) in [5.74, 6) is 2.42. The Labute approximate surface area is 241 Å². The highest BCUT2D eigenvalue weighted by Gasteiger charge is 2.32. The van der Waals surface area contributed by atoms with Crippen molar-refractivity contribution in [3.63, 3.8) is 0 Å². The molecule has 0 N–H and O–H groups in total. The van der Waals surface area contributed by atoms with Gasteiger partial charge >= 0.3 is 0 Å². The number of carbonyl (C=O) groups is 1. The van der Waals surface area contributed by atoms with Crippen LogP contribution in [0.1, 0.15) is 41.6 Å². The number of anilines is 1. The molecular formula is C34H36N4O3. The van der Waals surface area contributed by atoms with Crippen molar-refractivity contribution in [2.24, 2.45) is 0 Å². The van der Waals surface area contributed by atoms with E-state index >= 15 is 0 Å². The third-order valence-electron chi connectivity index (χ3n) is 8.69. The predicted octanol–water partition coefficient (Wildman–Crippen LogP) is 5.97. The molecule has 1 atom stereocenters. The summed E-state index contributed by atoms with van der Waals surface area (Å²) in [6.07, 6.45) is 4.63. The van der Waals surface area contributed by atoms with Crippen LogP contribution in [0.4, 0.5) is 5.82 Å². The van der Waals surface area contributed by atoms with Gasteiger partial charge in [-0.05, 0) is 85.8 Å². The molecule has 0 radical (unpaired) electrons. The first kappa shape index (κ1) is 25.8. The van der Waals surface area contributed by atoms with Crippen LogP contribution in [0.5, 0.6) is 11.5 Å². The fourth-order valence-corrected chi connectivity index (χ4v) is 6.49. The molecule has 0 bridgehead atoms. The molecule has 7 heteroatoms. The lowest BCUT2D eigenvalue weighted by Crippen LogP contribution is -2.42. The third kappa shape index (κ3) is 5.22. The fourth-order valence-electron chi connectivity index (χ4n) is 6.49. The number of fused-ring (bicyclic) bond motifs is 2. The summed E-state index contributed by atoms with van der Waals surface area (Å²) in [5, 5.41) is 0.883. The van der Waals surface area contributed by atoms with Gasteiger partial charge in [0.05, 0.1) is 11.1 Å². The van der Waals surface area contributed by atoms with Crippen LogP contribution in [0.25, 0.3) is 22.0 Å². The standard InChI is InChI=1S/C34H36N4O3/c1-36(21-24-8-3-2-4-9-24)33-20-29(34(39)38-17-7-10-27(38)22-37-15-5-6-16-37)28-18-25(11-13-30(28)35-33)26-12-14-31-32(19-26)41-23-40-31/h2-4,8-9,11-14,18-20,27H,5-7,10,15-17,21-23H2,1H3/t27-/m0/s1. The second kappa shape index (κ2) is 11.1. The van der Waals surface area contributed by atoms with Crippen molar-refractivity contribution in [1.82, 2.24) is 14.8 Å². The number of pyridine rings is 1. The molecule has 3 aliphatic heterocycles. The van der Waals surface area contributed by atoms with Gasteiger partial charge in [-0.2, -0.15) is 0 Å². The molecule has 7 nitrogen and oxygen atoms in total. The lowest BCUT2D eigenvalue weighted by atomic mass is 9.99. The van der Waals surface area contributed by atoms with E-state index < -0.39 is 0 Å². The van der Waals surface area contributed by atoms with Crippen LogP contribution >= 0.6 is 0 Å². The van der Waals surface area contributed by atoms with Crippen LogP contribution in [0.15, 0.2) is 72.8 Å². The monoisotopic (exact) mass is 548 g/mol. The first-order valence-electron chi connectivity index (χ1n) is 14.8. The van der Waals surface area contributed by atoms with E-state index in [1.807, 2.05) is 43.4 Å². The summed E-state index contributed by atoms with van der Waals surface area (Å²) in [5.41, 5.74) is 4.79. The molecule has 1 aromatic heterocycles. The molecule has 3 aromatic carbocycles. The van der Waals surface area contributed by atoms with E-state index in [4.69, 9.17) is 14.5 Å².